The van der Waals surface area contributed by atoms with Gasteiger partial charge < -0.3 is 10.3 Å². The Hall–Kier alpha value is -2.08. The van der Waals surface area contributed by atoms with E-state index in [9.17, 15) is 0 Å². The number of nitrogens with zero attached hydrogens (tertiary/aromatic N) is 3. The van der Waals surface area contributed by atoms with Crippen LogP contribution in [-0.2, 0) is 0 Å². The number of imidazole rings is 1. The van der Waals surface area contributed by atoms with E-state index in [0.29, 0.717) is 17.5 Å². The first kappa shape index (κ1) is 13.9. The van der Waals surface area contributed by atoms with Crippen LogP contribution in [0, 0.1) is 0 Å². The van der Waals surface area contributed by atoms with E-state index in [1.54, 1.807) is 25.1 Å². The molecule has 0 aliphatic heterocycles. The van der Waals surface area contributed by atoms with E-state index in [-0.39, 0.29) is 0 Å². The van der Waals surface area contributed by atoms with Crippen LogP contribution in [-0.4, -0.2) is 27.0 Å². The molecule has 0 radical (unpaired) electrons. The Labute approximate surface area is 127 Å². The van der Waals surface area contributed by atoms with Gasteiger partial charge in [0.25, 0.3) is 0 Å². The zero-order chi connectivity index (χ0) is 14.8. The Kier molecular flexibility index (Phi) is 3.79. The normalized spacial score (nSPS) is 11.2. The Morgan fingerprint density at radius 2 is 1.90 bits per heavy atom. The maximum absolute atomic E-state index is 4.51. The van der Waals surface area contributed by atoms with Crippen molar-refractivity contribution in [2.75, 3.05) is 12.4 Å². The van der Waals surface area contributed by atoms with Gasteiger partial charge in [0.1, 0.15) is 10.5 Å². The van der Waals surface area contributed by atoms with Gasteiger partial charge in [-0.25, -0.2) is 9.97 Å². The van der Waals surface area contributed by atoms with Crippen molar-refractivity contribution in [1.82, 2.24) is 19.9 Å². The summed E-state index contributed by atoms with van der Waals surface area (Å²) in [5.74, 6) is 1.12. The van der Waals surface area contributed by atoms with Crippen molar-refractivity contribution in [1.29, 1.82) is 0 Å². The molecule has 0 bridgehead atoms. The highest BCUT2D eigenvalue weighted by molar-refractivity contribution is 7.99. The lowest BCUT2D eigenvalue weighted by atomic mass is 10.0. The number of aromatic nitrogens is 4. The fourth-order valence-corrected chi connectivity index (χ4v) is 2.90. The topological polar surface area (TPSA) is 66.5 Å². The van der Waals surface area contributed by atoms with Crippen LogP contribution in [0.2, 0.25) is 0 Å². The number of aromatic amines is 1. The smallest absolute Gasteiger partial charge is 0.225 e. The first-order valence-corrected chi connectivity index (χ1v) is 7.65. The number of anilines is 1. The van der Waals surface area contributed by atoms with Crippen LogP contribution in [0.4, 0.5) is 5.95 Å². The molecule has 0 saturated heterocycles. The van der Waals surface area contributed by atoms with E-state index in [4.69, 9.17) is 0 Å². The highest BCUT2D eigenvalue weighted by Crippen LogP contribution is 2.31. The van der Waals surface area contributed by atoms with Gasteiger partial charge in [-0.15, -0.1) is 0 Å². The number of hydrogen-bond donors (Lipinski definition) is 2. The van der Waals surface area contributed by atoms with Gasteiger partial charge in [-0.05, 0) is 23.6 Å². The number of hydrogen-bond acceptors (Lipinski definition) is 5. The van der Waals surface area contributed by atoms with Crippen LogP contribution < -0.4 is 5.32 Å². The van der Waals surface area contributed by atoms with Crippen molar-refractivity contribution in [3.63, 3.8) is 0 Å². The molecular formula is C15H17N5S. The Balaban J connectivity index is 1.95. The molecule has 0 aliphatic carbocycles. The Morgan fingerprint density at radius 1 is 1.14 bits per heavy atom. The molecular weight excluding hydrogens is 282 g/mol. The summed E-state index contributed by atoms with van der Waals surface area (Å²) < 4.78 is 0. The zero-order valence-electron chi connectivity index (χ0n) is 12.2. The van der Waals surface area contributed by atoms with E-state index >= 15 is 0 Å². The maximum Gasteiger partial charge on any atom is 0.225 e. The first-order chi connectivity index (χ1) is 10.2. The Morgan fingerprint density at radius 3 is 2.57 bits per heavy atom. The number of rotatable bonds is 4. The molecule has 6 heteroatoms. The van der Waals surface area contributed by atoms with E-state index < -0.39 is 0 Å². The van der Waals surface area contributed by atoms with Crippen molar-refractivity contribution in [2.24, 2.45) is 0 Å². The lowest BCUT2D eigenvalue weighted by Crippen LogP contribution is -1.98. The van der Waals surface area contributed by atoms with Gasteiger partial charge in [0.05, 0.1) is 6.33 Å². The minimum atomic E-state index is 0.540. The molecule has 3 aromatic rings. The summed E-state index contributed by atoms with van der Waals surface area (Å²) in [5, 5.41) is 3.84. The molecule has 0 saturated carbocycles. The predicted octanol–water partition coefficient (Wildman–Crippen LogP) is 3.67. The molecule has 108 valence electrons. The van der Waals surface area contributed by atoms with Crippen molar-refractivity contribution < 1.29 is 0 Å². The number of nitrogens with one attached hydrogen (secondary N) is 2. The molecule has 21 heavy (non-hydrogen) atoms. The van der Waals surface area contributed by atoms with Gasteiger partial charge in [-0.2, -0.15) is 4.98 Å². The van der Waals surface area contributed by atoms with Gasteiger partial charge in [-0.1, -0.05) is 37.7 Å². The van der Waals surface area contributed by atoms with E-state index in [1.807, 2.05) is 0 Å². The third-order valence-corrected chi connectivity index (χ3v) is 4.23. The number of fused-ring (bicyclic) bond motifs is 1. The van der Waals surface area contributed by atoms with Crippen molar-refractivity contribution >= 4 is 28.9 Å². The third-order valence-electron chi connectivity index (χ3n) is 3.24. The van der Waals surface area contributed by atoms with Crippen LogP contribution in [0.1, 0.15) is 25.3 Å². The largest absolute Gasteiger partial charge is 0.357 e. The van der Waals surface area contributed by atoms with Crippen LogP contribution in [0.3, 0.4) is 0 Å². The average molecular weight is 299 g/mol. The van der Waals surface area contributed by atoms with Crippen LogP contribution in [0.15, 0.2) is 40.5 Å². The molecule has 0 unspecified atom stereocenters. The quantitative estimate of drug-likeness (QED) is 0.720. The van der Waals surface area contributed by atoms with Gasteiger partial charge in [0.15, 0.2) is 5.65 Å². The fraction of sp³-hybridized carbons (Fsp3) is 0.267. The highest BCUT2D eigenvalue weighted by Gasteiger charge is 2.11. The van der Waals surface area contributed by atoms with Gasteiger partial charge in [0.2, 0.25) is 5.95 Å². The SMILES string of the molecule is CNc1nc(Sc2ccc(C(C)C)cc2)c2[nH]cnc2n1. The van der Waals surface area contributed by atoms with Gasteiger partial charge in [0, 0.05) is 11.9 Å². The second-order valence-electron chi connectivity index (χ2n) is 5.03. The molecule has 0 aliphatic rings. The summed E-state index contributed by atoms with van der Waals surface area (Å²) in [6.07, 6.45) is 1.64. The summed E-state index contributed by atoms with van der Waals surface area (Å²) >= 11 is 1.61. The lowest BCUT2D eigenvalue weighted by molar-refractivity contribution is 0.865. The van der Waals surface area contributed by atoms with Crippen molar-refractivity contribution in [3.8, 4) is 0 Å². The van der Waals surface area contributed by atoms with E-state index in [0.717, 1.165) is 15.4 Å². The highest BCUT2D eigenvalue weighted by atomic mass is 32.2. The van der Waals surface area contributed by atoms with Gasteiger partial charge in [-0.3, -0.25) is 0 Å². The zero-order valence-corrected chi connectivity index (χ0v) is 13.0. The summed E-state index contributed by atoms with van der Waals surface area (Å²) in [4.78, 5) is 17.3. The second-order valence-corrected chi connectivity index (χ2v) is 6.09. The first-order valence-electron chi connectivity index (χ1n) is 6.84. The summed E-state index contributed by atoms with van der Waals surface area (Å²) in [7, 11) is 1.81. The van der Waals surface area contributed by atoms with E-state index in [2.05, 4.69) is 63.4 Å². The molecule has 5 nitrogen and oxygen atoms in total. The van der Waals surface area contributed by atoms with Crippen LogP contribution >= 0.6 is 11.8 Å². The molecule has 2 heterocycles. The molecule has 1 aromatic carbocycles. The van der Waals surface area contributed by atoms with E-state index in [1.165, 1.54) is 5.56 Å². The summed E-state index contributed by atoms with van der Waals surface area (Å²) in [6, 6.07) is 8.58. The second kappa shape index (κ2) is 5.73. The van der Waals surface area contributed by atoms with Crippen molar-refractivity contribution in [2.45, 2.75) is 29.7 Å². The molecule has 0 atom stereocenters. The molecule has 0 fully saturated rings. The number of H-pyrrole nitrogens is 1. The minimum Gasteiger partial charge on any atom is -0.357 e. The number of benzene rings is 1. The lowest BCUT2D eigenvalue weighted by Gasteiger charge is -2.07. The van der Waals surface area contributed by atoms with Crippen LogP contribution in [0.25, 0.3) is 11.2 Å². The molecule has 2 N–H and O–H groups in total. The molecule has 3 rings (SSSR count). The molecule has 0 amide bonds. The minimum absolute atomic E-state index is 0.540. The Bertz CT molecular complexity index is 748. The monoisotopic (exact) mass is 299 g/mol. The molecule has 0 spiro atoms. The van der Waals surface area contributed by atoms with Crippen LogP contribution in [0.5, 0.6) is 0 Å². The maximum atomic E-state index is 4.51. The standard InChI is InChI=1S/C15H17N5S/c1-9(2)10-4-6-11(7-5-10)21-14-12-13(18-8-17-12)19-15(16-3)20-14/h4-9H,1-3H3,(H2,16,17,18,19,20). The predicted molar refractivity (Wildman–Crippen MR) is 85.9 cm³/mol. The van der Waals surface area contributed by atoms with Gasteiger partial charge >= 0.3 is 0 Å². The third kappa shape index (κ3) is 2.85. The fourth-order valence-electron chi connectivity index (χ4n) is 2.02. The van der Waals surface area contributed by atoms with Crippen molar-refractivity contribution in [3.05, 3.63) is 36.2 Å². The molecule has 2 aromatic heterocycles. The summed E-state index contributed by atoms with van der Waals surface area (Å²) in [6.45, 7) is 4.39. The summed E-state index contributed by atoms with van der Waals surface area (Å²) in [5.41, 5.74) is 2.88. The average Bonchev–Trinajstić information content (AvgIpc) is 2.96.